The molecule has 0 aliphatic carbocycles. The molecule has 1 atom stereocenters. The van der Waals surface area contributed by atoms with E-state index in [1.807, 2.05) is 48.7 Å². The summed E-state index contributed by atoms with van der Waals surface area (Å²) in [6.07, 6.45) is 0. The average Bonchev–Trinajstić information content (AvgIpc) is 3.30. The van der Waals surface area contributed by atoms with Crippen LogP contribution in [-0.2, 0) is 9.59 Å². The third-order valence-corrected chi connectivity index (χ3v) is 6.14. The fourth-order valence-electron chi connectivity index (χ4n) is 3.28. The van der Waals surface area contributed by atoms with E-state index in [0.717, 1.165) is 14.9 Å². The molecule has 1 N–H and O–H groups in total. The van der Waals surface area contributed by atoms with E-state index in [2.05, 4.69) is 15.9 Å². The molecule has 3 aromatic rings. The van der Waals surface area contributed by atoms with Gasteiger partial charge in [-0.1, -0.05) is 51.8 Å². The minimum absolute atomic E-state index is 0.107. The zero-order chi connectivity index (χ0) is 19.8. The number of halogens is 1. The number of rotatable bonds is 3. The van der Waals surface area contributed by atoms with Gasteiger partial charge in [-0.25, -0.2) is 0 Å². The highest BCUT2D eigenvalue weighted by molar-refractivity contribution is 9.10. The molecule has 1 saturated heterocycles. The van der Waals surface area contributed by atoms with Crippen LogP contribution >= 0.6 is 27.3 Å². The summed E-state index contributed by atoms with van der Waals surface area (Å²) in [5, 5.41) is 12.8. The molecule has 4 rings (SSSR count). The number of Topliss-reactive ketones (excluding diaryl/α,β-unsaturated/α-hetero) is 1. The topological polar surface area (TPSA) is 57.6 Å². The molecule has 0 radical (unpaired) electrons. The average molecular weight is 454 g/mol. The number of benzene rings is 2. The highest BCUT2D eigenvalue weighted by Crippen LogP contribution is 2.43. The van der Waals surface area contributed by atoms with Crippen molar-refractivity contribution < 1.29 is 14.7 Å². The lowest BCUT2D eigenvalue weighted by Crippen LogP contribution is -2.29. The van der Waals surface area contributed by atoms with Crippen LogP contribution in [0.15, 0.2) is 76.1 Å². The third kappa shape index (κ3) is 3.19. The summed E-state index contributed by atoms with van der Waals surface area (Å²) >= 11 is 4.81. The zero-order valence-corrected chi connectivity index (χ0v) is 17.3. The van der Waals surface area contributed by atoms with Crippen molar-refractivity contribution in [1.29, 1.82) is 0 Å². The second-order valence-corrected chi connectivity index (χ2v) is 8.42. The molecule has 1 amide bonds. The number of amides is 1. The van der Waals surface area contributed by atoms with Crippen molar-refractivity contribution in [3.63, 3.8) is 0 Å². The Labute approximate surface area is 174 Å². The van der Waals surface area contributed by atoms with E-state index >= 15 is 0 Å². The summed E-state index contributed by atoms with van der Waals surface area (Å²) < 4.78 is 0.860. The molecule has 140 valence electrons. The van der Waals surface area contributed by atoms with E-state index in [-0.39, 0.29) is 11.3 Å². The maximum Gasteiger partial charge on any atom is 0.300 e. The summed E-state index contributed by atoms with van der Waals surface area (Å²) in [5.41, 5.74) is 2.28. The van der Waals surface area contributed by atoms with Crippen molar-refractivity contribution >= 4 is 50.4 Å². The molecule has 4 nitrogen and oxygen atoms in total. The van der Waals surface area contributed by atoms with E-state index in [4.69, 9.17) is 0 Å². The maximum absolute atomic E-state index is 12.9. The van der Waals surface area contributed by atoms with Crippen molar-refractivity contribution in [2.45, 2.75) is 13.0 Å². The zero-order valence-electron chi connectivity index (χ0n) is 14.9. The lowest BCUT2D eigenvalue weighted by Gasteiger charge is -2.24. The molecule has 0 saturated carbocycles. The number of aryl methyl sites for hydroxylation is 1. The van der Waals surface area contributed by atoms with Crippen LogP contribution in [0.5, 0.6) is 0 Å². The molecule has 2 heterocycles. The Hall–Kier alpha value is -2.70. The summed E-state index contributed by atoms with van der Waals surface area (Å²) in [4.78, 5) is 28.1. The highest BCUT2D eigenvalue weighted by Gasteiger charge is 2.47. The summed E-state index contributed by atoms with van der Waals surface area (Å²) in [6.45, 7) is 1.96. The Balaban J connectivity index is 1.91. The van der Waals surface area contributed by atoms with Crippen LogP contribution in [0, 0.1) is 6.92 Å². The number of aliphatic hydroxyl groups excluding tert-OH is 1. The van der Waals surface area contributed by atoms with Crippen LogP contribution in [0.1, 0.15) is 22.0 Å². The molecule has 0 spiro atoms. The fourth-order valence-corrected chi connectivity index (χ4v) is 4.37. The van der Waals surface area contributed by atoms with Crippen molar-refractivity contribution in [2.24, 2.45) is 0 Å². The number of thiophene rings is 1. The first-order chi connectivity index (χ1) is 13.5. The molecule has 0 bridgehead atoms. The Bertz CT molecular complexity index is 1070. The van der Waals surface area contributed by atoms with E-state index < -0.39 is 17.7 Å². The van der Waals surface area contributed by atoms with Gasteiger partial charge in [0.05, 0.1) is 5.57 Å². The number of nitrogens with zero attached hydrogens (tertiary/aromatic N) is 1. The Morgan fingerprint density at radius 2 is 1.71 bits per heavy atom. The number of anilines is 1. The lowest BCUT2D eigenvalue weighted by atomic mass is 10.00. The number of aliphatic hydroxyl groups is 1. The highest BCUT2D eigenvalue weighted by atomic mass is 79.9. The molecule has 1 unspecified atom stereocenters. The molecule has 1 aromatic heterocycles. The lowest BCUT2D eigenvalue weighted by molar-refractivity contribution is -0.132. The van der Waals surface area contributed by atoms with Crippen LogP contribution in [0.25, 0.3) is 5.76 Å². The number of carbonyl (C=O) groups is 2. The molecule has 1 aliphatic rings. The summed E-state index contributed by atoms with van der Waals surface area (Å²) in [5.74, 6) is -1.49. The second-order valence-electron chi connectivity index (χ2n) is 6.53. The largest absolute Gasteiger partial charge is 0.507 e. The monoisotopic (exact) mass is 453 g/mol. The minimum atomic E-state index is -0.681. The van der Waals surface area contributed by atoms with Crippen molar-refractivity contribution in [3.8, 4) is 0 Å². The van der Waals surface area contributed by atoms with Gasteiger partial charge in [-0.3, -0.25) is 14.5 Å². The van der Waals surface area contributed by atoms with E-state index in [9.17, 15) is 14.7 Å². The van der Waals surface area contributed by atoms with E-state index in [1.165, 1.54) is 16.2 Å². The first kappa shape index (κ1) is 18.7. The number of carbonyl (C=O) groups excluding carboxylic acids is 2. The fraction of sp³-hybridized carbons (Fsp3) is 0.0909. The first-order valence-corrected chi connectivity index (χ1v) is 10.3. The molecular formula is C22H16BrNO3S. The van der Waals surface area contributed by atoms with Gasteiger partial charge in [-0.15, -0.1) is 11.3 Å². The van der Waals surface area contributed by atoms with Gasteiger partial charge in [0.15, 0.2) is 0 Å². The van der Waals surface area contributed by atoms with Gasteiger partial charge in [-0.2, -0.15) is 0 Å². The predicted octanol–water partition coefficient (Wildman–Crippen LogP) is 5.45. The van der Waals surface area contributed by atoms with Crippen LogP contribution in [0.4, 0.5) is 5.69 Å². The van der Waals surface area contributed by atoms with Gasteiger partial charge in [0, 0.05) is 20.6 Å². The molecule has 28 heavy (non-hydrogen) atoms. The minimum Gasteiger partial charge on any atom is -0.507 e. The third-order valence-electron chi connectivity index (χ3n) is 4.69. The number of ketones is 1. The summed E-state index contributed by atoms with van der Waals surface area (Å²) in [6, 6.07) is 17.5. The van der Waals surface area contributed by atoms with Crippen LogP contribution in [0.3, 0.4) is 0 Å². The molecule has 6 heteroatoms. The van der Waals surface area contributed by atoms with Gasteiger partial charge in [0.1, 0.15) is 11.8 Å². The molecule has 1 aliphatic heterocycles. The number of hydrogen-bond donors (Lipinski definition) is 1. The quantitative estimate of drug-likeness (QED) is 0.326. The van der Waals surface area contributed by atoms with E-state index in [1.54, 1.807) is 24.3 Å². The van der Waals surface area contributed by atoms with Gasteiger partial charge in [-0.05, 0) is 42.6 Å². The molecule has 1 fully saturated rings. The second kappa shape index (κ2) is 7.37. The normalized spacial score (nSPS) is 18.6. The predicted molar refractivity (Wildman–Crippen MR) is 114 cm³/mol. The van der Waals surface area contributed by atoms with Crippen LogP contribution < -0.4 is 4.90 Å². The number of hydrogen-bond acceptors (Lipinski definition) is 4. The summed E-state index contributed by atoms with van der Waals surface area (Å²) in [7, 11) is 0. The van der Waals surface area contributed by atoms with E-state index in [0.29, 0.717) is 11.3 Å². The standard InChI is InChI=1S/C22H16BrNO3S/c1-13-4-10-16(11-5-13)24-19(17-3-2-12-28-17)18(21(26)22(24)27)20(25)14-6-8-15(23)9-7-14/h2-12,19,25H,1H3/b20-18-. The maximum atomic E-state index is 12.9. The smallest absolute Gasteiger partial charge is 0.300 e. The van der Waals surface area contributed by atoms with Gasteiger partial charge in [0.2, 0.25) is 0 Å². The molecular weight excluding hydrogens is 438 g/mol. The van der Waals surface area contributed by atoms with Gasteiger partial charge < -0.3 is 5.11 Å². The van der Waals surface area contributed by atoms with Crippen molar-refractivity contribution in [2.75, 3.05) is 4.90 Å². The van der Waals surface area contributed by atoms with Gasteiger partial charge >= 0.3 is 0 Å². The molecule has 2 aromatic carbocycles. The van der Waals surface area contributed by atoms with Crippen molar-refractivity contribution in [3.05, 3.63) is 92.1 Å². The Morgan fingerprint density at radius 1 is 1.04 bits per heavy atom. The van der Waals surface area contributed by atoms with Gasteiger partial charge in [0.25, 0.3) is 11.7 Å². The van der Waals surface area contributed by atoms with Crippen LogP contribution in [-0.4, -0.2) is 16.8 Å². The first-order valence-electron chi connectivity index (χ1n) is 8.64. The van der Waals surface area contributed by atoms with Crippen LogP contribution in [0.2, 0.25) is 0 Å². The Kier molecular flexibility index (Phi) is 4.91. The SMILES string of the molecule is Cc1ccc(N2C(=O)C(=O)/C(=C(\O)c3ccc(Br)cc3)C2c2cccs2)cc1. The van der Waals surface area contributed by atoms with Crippen molar-refractivity contribution in [1.82, 2.24) is 0 Å². The Morgan fingerprint density at radius 3 is 2.32 bits per heavy atom.